The van der Waals surface area contributed by atoms with Crippen LogP contribution in [0.25, 0.3) is 10.2 Å². The van der Waals surface area contributed by atoms with E-state index in [9.17, 15) is 9.59 Å². The highest BCUT2D eigenvalue weighted by Crippen LogP contribution is 2.35. The highest BCUT2D eigenvalue weighted by molar-refractivity contribution is 7.20. The molecule has 1 amide bonds. The summed E-state index contributed by atoms with van der Waals surface area (Å²) in [6.45, 7) is 3.36. The first-order valence-electron chi connectivity index (χ1n) is 10.9. The summed E-state index contributed by atoms with van der Waals surface area (Å²) in [6, 6.07) is 4.01. The lowest BCUT2D eigenvalue weighted by molar-refractivity contribution is 0.0615. The zero-order chi connectivity index (χ0) is 20.7. The molecule has 3 aromatic heterocycles. The fraction of sp³-hybridized carbons (Fsp3) is 0.478. The first-order chi connectivity index (χ1) is 14.6. The van der Waals surface area contributed by atoms with Crippen LogP contribution in [0.3, 0.4) is 0 Å². The van der Waals surface area contributed by atoms with Gasteiger partial charge in [-0.2, -0.15) is 0 Å². The Labute approximate surface area is 179 Å². The summed E-state index contributed by atoms with van der Waals surface area (Å²) in [4.78, 5) is 39.3. The van der Waals surface area contributed by atoms with Crippen LogP contribution >= 0.6 is 11.3 Å². The highest BCUT2D eigenvalue weighted by Gasteiger charge is 2.32. The smallest absolute Gasteiger partial charge is 0.264 e. The molecule has 7 heteroatoms. The van der Waals surface area contributed by atoms with Crippen LogP contribution in [0.15, 0.2) is 29.3 Å². The van der Waals surface area contributed by atoms with E-state index < -0.39 is 0 Å². The van der Waals surface area contributed by atoms with E-state index in [1.165, 1.54) is 11.3 Å². The summed E-state index contributed by atoms with van der Waals surface area (Å²) in [5.41, 5.74) is 1.88. The Balaban J connectivity index is 1.57. The molecule has 30 heavy (non-hydrogen) atoms. The minimum atomic E-state index is 0.0173. The number of thiophene rings is 1. The number of pyridine rings is 1. The molecule has 2 aliphatic rings. The van der Waals surface area contributed by atoms with Crippen LogP contribution in [-0.4, -0.2) is 31.9 Å². The fourth-order valence-electron chi connectivity index (χ4n) is 4.84. The third-order valence-electron chi connectivity index (χ3n) is 6.44. The zero-order valence-corrected chi connectivity index (χ0v) is 18.1. The van der Waals surface area contributed by atoms with E-state index in [0.29, 0.717) is 15.1 Å². The number of aryl methyl sites for hydroxylation is 2. The lowest BCUT2D eigenvalue weighted by atomic mass is 9.96. The Morgan fingerprint density at radius 2 is 2.03 bits per heavy atom. The molecular weight excluding hydrogens is 396 g/mol. The van der Waals surface area contributed by atoms with Gasteiger partial charge < -0.3 is 4.90 Å². The number of aromatic nitrogens is 3. The Morgan fingerprint density at radius 1 is 1.17 bits per heavy atom. The normalized spacial score (nSPS) is 19.5. The van der Waals surface area contributed by atoms with E-state index in [0.717, 1.165) is 75.0 Å². The van der Waals surface area contributed by atoms with Crippen molar-refractivity contribution in [3.8, 4) is 0 Å². The van der Waals surface area contributed by atoms with Gasteiger partial charge in [0, 0.05) is 31.9 Å². The monoisotopic (exact) mass is 422 g/mol. The lowest BCUT2D eigenvalue weighted by Crippen LogP contribution is -2.38. The number of carbonyl (C=O) groups is 1. The molecule has 0 aliphatic carbocycles. The van der Waals surface area contributed by atoms with E-state index in [4.69, 9.17) is 4.98 Å². The Hall–Kier alpha value is -2.54. The van der Waals surface area contributed by atoms with Crippen LogP contribution < -0.4 is 5.56 Å². The maximum Gasteiger partial charge on any atom is 0.264 e. The third-order valence-corrected chi connectivity index (χ3v) is 7.61. The maximum absolute atomic E-state index is 13.6. The first kappa shape index (κ1) is 19.4. The van der Waals surface area contributed by atoms with Gasteiger partial charge in [0.2, 0.25) is 0 Å². The molecule has 0 saturated carbocycles. The van der Waals surface area contributed by atoms with E-state index in [-0.39, 0.29) is 17.5 Å². The van der Waals surface area contributed by atoms with Gasteiger partial charge in [0.1, 0.15) is 10.7 Å². The minimum Gasteiger partial charge on any atom is -0.331 e. The fourth-order valence-corrected chi connectivity index (χ4v) is 5.99. The van der Waals surface area contributed by atoms with Gasteiger partial charge in [-0.1, -0.05) is 12.5 Å². The molecule has 6 nitrogen and oxygen atoms in total. The summed E-state index contributed by atoms with van der Waals surface area (Å²) in [6.07, 6.45) is 10.7. The van der Waals surface area contributed by atoms with Gasteiger partial charge in [-0.25, -0.2) is 4.98 Å². The van der Waals surface area contributed by atoms with E-state index >= 15 is 0 Å². The van der Waals surface area contributed by atoms with E-state index in [2.05, 4.69) is 4.98 Å². The molecule has 0 spiro atoms. The Kier molecular flexibility index (Phi) is 5.15. The van der Waals surface area contributed by atoms with Gasteiger partial charge in [0.25, 0.3) is 11.5 Å². The van der Waals surface area contributed by atoms with Gasteiger partial charge in [0.05, 0.1) is 16.3 Å². The predicted molar refractivity (Wildman–Crippen MR) is 118 cm³/mol. The quantitative estimate of drug-likeness (QED) is 0.619. The number of likely N-dealkylation sites (tertiary alicyclic amines) is 1. The maximum atomic E-state index is 13.6. The summed E-state index contributed by atoms with van der Waals surface area (Å²) >= 11 is 1.39. The molecule has 0 aromatic carbocycles. The van der Waals surface area contributed by atoms with E-state index in [1.54, 1.807) is 6.20 Å². The van der Waals surface area contributed by atoms with Gasteiger partial charge in [-0.3, -0.25) is 19.1 Å². The van der Waals surface area contributed by atoms with E-state index in [1.807, 2.05) is 34.7 Å². The van der Waals surface area contributed by atoms with Crippen molar-refractivity contribution >= 4 is 27.5 Å². The Morgan fingerprint density at radius 3 is 2.87 bits per heavy atom. The second kappa shape index (κ2) is 7.95. The topological polar surface area (TPSA) is 68.1 Å². The third kappa shape index (κ3) is 3.25. The molecule has 5 heterocycles. The molecule has 1 fully saturated rings. The lowest BCUT2D eigenvalue weighted by Gasteiger charge is -2.35. The molecule has 156 valence electrons. The average molecular weight is 423 g/mol. The number of amides is 1. The van der Waals surface area contributed by atoms with Gasteiger partial charge in [0.15, 0.2) is 0 Å². The van der Waals surface area contributed by atoms with Crippen LogP contribution in [0.5, 0.6) is 0 Å². The van der Waals surface area contributed by atoms with Gasteiger partial charge >= 0.3 is 0 Å². The van der Waals surface area contributed by atoms with Crippen LogP contribution in [0.1, 0.15) is 71.2 Å². The molecule has 5 rings (SSSR count). The molecular formula is C23H26N4O2S. The minimum absolute atomic E-state index is 0.0173. The predicted octanol–water partition coefficient (Wildman–Crippen LogP) is 4.26. The van der Waals surface area contributed by atoms with Crippen molar-refractivity contribution in [2.45, 2.75) is 64.5 Å². The largest absolute Gasteiger partial charge is 0.331 e. The molecule has 3 aromatic rings. The number of rotatable bonds is 2. The molecule has 0 N–H and O–H groups in total. The number of hydrogen-bond donors (Lipinski definition) is 0. The van der Waals surface area contributed by atoms with Crippen molar-refractivity contribution in [2.75, 3.05) is 6.54 Å². The SMILES string of the molecule is Cc1c(C(=O)N2CCCCC2c2cccnc2)sc2nc3n(c(=O)c12)CCCCC3. The highest BCUT2D eigenvalue weighted by atomic mass is 32.1. The van der Waals surface area contributed by atoms with Gasteiger partial charge in [-0.05, 0) is 56.2 Å². The molecule has 1 atom stereocenters. The standard InChI is InChI=1S/C23H26N4O2S/c1-15-19-21(25-18-10-3-2-5-13-27(18)22(19)28)30-20(15)23(29)26-12-6-4-9-17(26)16-8-7-11-24-14-16/h7-8,11,14,17H,2-6,9-10,12-13H2,1H3. The molecule has 0 radical (unpaired) electrons. The van der Waals surface area contributed by atoms with Crippen LogP contribution in [0.4, 0.5) is 0 Å². The summed E-state index contributed by atoms with van der Waals surface area (Å²) in [5.74, 6) is 0.889. The van der Waals surface area contributed by atoms with Crippen LogP contribution in [0, 0.1) is 6.92 Å². The summed E-state index contributed by atoms with van der Waals surface area (Å²) in [5, 5.41) is 0.629. The zero-order valence-electron chi connectivity index (χ0n) is 17.3. The van der Waals surface area contributed by atoms with Crippen LogP contribution in [0.2, 0.25) is 0 Å². The van der Waals surface area contributed by atoms with Crippen molar-refractivity contribution in [3.63, 3.8) is 0 Å². The van der Waals surface area contributed by atoms with Crippen molar-refractivity contribution in [2.24, 2.45) is 0 Å². The van der Waals surface area contributed by atoms with Crippen molar-refractivity contribution in [1.82, 2.24) is 19.4 Å². The number of fused-ring (bicyclic) bond motifs is 2. The number of nitrogens with zero attached hydrogens (tertiary/aromatic N) is 4. The molecule has 1 saturated heterocycles. The van der Waals surface area contributed by atoms with Crippen molar-refractivity contribution in [3.05, 3.63) is 56.7 Å². The first-order valence-corrected chi connectivity index (χ1v) is 11.7. The second-order valence-electron chi connectivity index (χ2n) is 8.33. The van der Waals surface area contributed by atoms with Crippen molar-refractivity contribution in [1.29, 1.82) is 0 Å². The molecule has 0 bridgehead atoms. The molecule has 1 unspecified atom stereocenters. The summed E-state index contributed by atoms with van der Waals surface area (Å²) < 4.78 is 1.84. The second-order valence-corrected chi connectivity index (χ2v) is 9.33. The number of carbonyl (C=O) groups excluding carboxylic acids is 1. The summed E-state index contributed by atoms with van der Waals surface area (Å²) in [7, 11) is 0. The molecule has 2 aliphatic heterocycles. The van der Waals surface area contributed by atoms with Gasteiger partial charge in [-0.15, -0.1) is 11.3 Å². The van der Waals surface area contributed by atoms with Crippen molar-refractivity contribution < 1.29 is 4.79 Å². The number of piperidine rings is 1. The average Bonchev–Trinajstić information content (AvgIpc) is 2.95. The number of hydrogen-bond acceptors (Lipinski definition) is 5. The van der Waals surface area contributed by atoms with Crippen LogP contribution in [-0.2, 0) is 13.0 Å². The Bertz CT molecular complexity index is 1150.